The maximum atomic E-state index is 10.6. The molecule has 5 nitrogen and oxygen atoms in total. The highest BCUT2D eigenvalue weighted by Gasteiger charge is 1.85. The monoisotopic (exact) mass is 333 g/mol. The molecular formula is C19H31N3O2. The van der Waals surface area contributed by atoms with Crippen molar-refractivity contribution in [2.24, 2.45) is 5.73 Å². The molecule has 0 saturated heterocycles. The van der Waals surface area contributed by atoms with Crippen LogP contribution in [0, 0.1) is 6.92 Å². The molecule has 134 valence electrons. The highest BCUT2D eigenvalue weighted by atomic mass is 16.1. The van der Waals surface area contributed by atoms with Crippen LogP contribution < -0.4 is 16.9 Å². The van der Waals surface area contributed by atoms with E-state index in [2.05, 4.69) is 9.97 Å². The summed E-state index contributed by atoms with van der Waals surface area (Å²) in [6.45, 7) is 11.6. The van der Waals surface area contributed by atoms with Gasteiger partial charge in [-0.1, -0.05) is 39.0 Å². The lowest BCUT2D eigenvalue weighted by molar-refractivity contribution is 1.08. The number of nitrogens with one attached hydrogen (secondary N) is 2. The summed E-state index contributed by atoms with van der Waals surface area (Å²) in [5.74, 6) is 0. The van der Waals surface area contributed by atoms with Gasteiger partial charge in [0.15, 0.2) is 0 Å². The number of H-pyrrole nitrogens is 2. The molecule has 0 aromatic carbocycles. The molecule has 0 saturated carbocycles. The van der Waals surface area contributed by atoms with Gasteiger partial charge in [0, 0.05) is 29.7 Å². The highest BCUT2D eigenvalue weighted by molar-refractivity contribution is 5.07. The summed E-state index contributed by atoms with van der Waals surface area (Å²) in [5, 5.41) is 0. The van der Waals surface area contributed by atoms with E-state index in [9.17, 15) is 9.59 Å². The summed E-state index contributed by atoms with van der Waals surface area (Å²) < 4.78 is 0. The van der Waals surface area contributed by atoms with Crippen molar-refractivity contribution in [3.05, 3.63) is 80.3 Å². The van der Waals surface area contributed by atoms with Crippen molar-refractivity contribution in [1.29, 1.82) is 0 Å². The van der Waals surface area contributed by atoms with E-state index >= 15 is 0 Å². The molecular weight excluding hydrogens is 302 g/mol. The number of hydrogen-bond donors (Lipinski definition) is 3. The molecule has 0 spiro atoms. The van der Waals surface area contributed by atoms with Gasteiger partial charge in [-0.25, -0.2) is 0 Å². The molecule has 0 atom stereocenters. The number of aromatic amines is 2. The number of rotatable bonds is 1. The molecule has 0 radical (unpaired) electrons. The molecule has 24 heavy (non-hydrogen) atoms. The first-order valence-corrected chi connectivity index (χ1v) is 8.11. The van der Waals surface area contributed by atoms with Crippen LogP contribution in [0.2, 0.25) is 0 Å². The summed E-state index contributed by atoms with van der Waals surface area (Å²) >= 11 is 0. The maximum absolute atomic E-state index is 10.6. The van der Waals surface area contributed by atoms with E-state index < -0.39 is 0 Å². The zero-order valence-corrected chi connectivity index (χ0v) is 15.6. The fraction of sp³-hybridized carbons (Fsp3) is 0.368. The van der Waals surface area contributed by atoms with Crippen LogP contribution in [0.3, 0.4) is 0 Å². The van der Waals surface area contributed by atoms with Gasteiger partial charge in [-0.3, -0.25) is 9.59 Å². The average Bonchev–Trinajstić information content (AvgIpc) is 2.61. The summed E-state index contributed by atoms with van der Waals surface area (Å²) in [4.78, 5) is 26.2. The fourth-order valence-electron chi connectivity index (χ4n) is 1.17. The highest BCUT2D eigenvalue weighted by Crippen LogP contribution is 1.91. The lowest BCUT2D eigenvalue weighted by Gasteiger charge is -1.90. The minimum absolute atomic E-state index is 0.00694. The molecule has 0 amide bonds. The second-order valence-corrected chi connectivity index (χ2v) is 4.63. The standard InChI is InChI=1S/C7H9NO.C6H7NO.C4H9N.C2H6/c1-2-6-3-4-7(9)8-5-6;1-5-3-2-4-7-6(5)8;1-3-4(2)5;1-2/h3-5H,2H2,1H3,(H,8,9);2-4H,1H3,(H,7,8);3H,5H2,1-2H3;1-2H3/b;;4-3-;. The molecule has 0 aliphatic carbocycles. The zero-order valence-electron chi connectivity index (χ0n) is 15.6. The molecule has 2 aromatic rings. The van der Waals surface area contributed by atoms with E-state index in [-0.39, 0.29) is 11.1 Å². The van der Waals surface area contributed by atoms with Gasteiger partial charge in [0.2, 0.25) is 5.56 Å². The molecule has 2 aromatic heterocycles. The van der Waals surface area contributed by atoms with Crippen LogP contribution in [0.5, 0.6) is 0 Å². The topological polar surface area (TPSA) is 91.7 Å². The zero-order chi connectivity index (χ0) is 19.0. The third-order valence-corrected chi connectivity index (χ3v) is 2.73. The lowest BCUT2D eigenvalue weighted by Crippen LogP contribution is -2.06. The molecule has 5 heteroatoms. The third kappa shape index (κ3) is 13.1. The minimum Gasteiger partial charge on any atom is -0.403 e. The van der Waals surface area contributed by atoms with Crippen molar-refractivity contribution in [2.45, 2.75) is 48.0 Å². The quantitative estimate of drug-likeness (QED) is 0.745. The molecule has 0 aliphatic heterocycles. The van der Waals surface area contributed by atoms with Gasteiger partial charge in [0.05, 0.1) is 0 Å². The maximum Gasteiger partial charge on any atom is 0.250 e. The van der Waals surface area contributed by atoms with Gasteiger partial charge >= 0.3 is 0 Å². The van der Waals surface area contributed by atoms with Crippen molar-refractivity contribution >= 4 is 0 Å². The van der Waals surface area contributed by atoms with E-state index in [4.69, 9.17) is 5.73 Å². The Morgan fingerprint density at radius 3 is 2.04 bits per heavy atom. The van der Waals surface area contributed by atoms with Crippen LogP contribution in [-0.4, -0.2) is 9.97 Å². The predicted octanol–water partition coefficient (Wildman–Crippen LogP) is 3.52. The van der Waals surface area contributed by atoms with E-state index in [1.807, 2.05) is 46.8 Å². The number of hydrogen-bond acceptors (Lipinski definition) is 3. The Bertz CT molecular complexity index is 661. The number of aromatic nitrogens is 2. The van der Waals surface area contributed by atoms with Crippen molar-refractivity contribution in [3.8, 4) is 0 Å². The molecule has 0 fully saturated rings. The first-order chi connectivity index (χ1) is 11.4. The molecule has 0 unspecified atom stereocenters. The van der Waals surface area contributed by atoms with Crippen LogP contribution in [0.1, 0.15) is 45.7 Å². The average molecular weight is 333 g/mol. The Balaban J connectivity index is 0. The Kier molecular flexibility index (Phi) is 15.1. The van der Waals surface area contributed by atoms with E-state index in [0.29, 0.717) is 0 Å². The Morgan fingerprint density at radius 1 is 1.17 bits per heavy atom. The normalized spacial score (nSPS) is 9.33. The van der Waals surface area contributed by atoms with Crippen molar-refractivity contribution in [3.63, 3.8) is 0 Å². The Morgan fingerprint density at radius 2 is 1.75 bits per heavy atom. The smallest absolute Gasteiger partial charge is 0.250 e. The van der Waals surface area contributed by atoms with Crippen LogP contribution >= 0.6 is 0 Å². The van der Waals surface area contributed by atoms with Crippen molar-refractivity contribution in [1.82, 2.24) is 9.97 Å². The summed E-state index contributed by atoms with van der Waals surface area (Å²) in [6, 6.07) is 6.95. The summed E-state index contributed by atoms with van der Waals surface area (Å²) in [5.41, 5.74) is 7.91. The number of allylic oxidation sites excluding steroid dienone is 2. The third-order valence-electron chi connectivity index (χ3n) is 2.73. The lowest BCUT2D eigenvalue weighted by atomic mass is 10.2. The van der Waals surface area contributed by atoms with Crippen LogP contribution in [0.4, 0.5) is 0 Å². The molecule has 0 aliphatic rings. The summed E-state index contributed by atoms with van der Waals surface area (Å²) in [6.07, 6.45) is 6.19. The van der Waals surface area contributed by atoms with Gasteiger partial charge in [-0.2, -0.15) is 0 Å². The predicted molar refractivity (Wildman–Crippen MR) is 103 cm³/mol. The summed E-state index contributed by atoms with van der Waals surface area (Å²) in [7, 11) is 0. The van der Waals surface area contributed by atoms with Gasteiger partial charge < -0.3 is 15.7 Å². The van der Waals surface area contributed by atoms with Crippen LogP contribution in [0.25, 0.3) is 0 Å². The Labute approximate surface area is 144 Å². The van der Waals surface area contributed by atoms with Gasteiger partial charge in [0.25, 0.3) is 5.56 Å². The molecule has 2 heterocycles. The molecule has 4 N–H and O–H groups in total. The second-order valence-electron chi connectivity index (χ2n) is 4.63. The number of nitrogens with two attached hydrogens (primary N) is 1. The van der Waals surface area contributed by atoms with Crippen molar-refractivity contribution < 1.29 is 0 Å². The number of pyridine rings is 2. The van der Waals surface area contributed by atoms with E-state index in [1.54, 1.807) is 37.5 Å². The van der Waals surface area contributed by atoms with Gasteiger partial charge in [-0.15, -0.1) is 0 Å². The fourth-order valence-corrected chi connectivity index (χ4v) is 1.17. The first kappa shape index (κ1) is 23.7. The van der Waals surface area contributed by atoms with E-state index in [1.165, 1.54) is 0 Å². The molecule has 2 rings (SSSR count). The van der Waals surface area contributed by atoms with Gasteiger partial charge in [-0.05, 0) is 38.8 Å². The van der Waals surface area contributed by atoms with E-state index in [0.717, 1.165) is 23.2 Å². The second kappa shape index (κ2) is 15.3. The largest absolute Gasteiger partial charge is 0.403 e. The van der Waals surface area contributed by atoms with Crippen LogP contribution in [0.15, 0.2) is 58.0 Å². The Hall–Kier alpha value is -2.56. The number of aryl methyl sites for hydroxylation is 2. The van der Waals surface area contributed by atoms with Crippen LogP contribution in [-0.2, 0) is 6.42 Å². The SMILES string of the molecule is C/C=C(/C)N.CC.CCc1ccc(=O)[nH]c1.Cc1ccc[nH]c1=O. The van der Waals surface area contributed by atoms with Gasteiger partial charge in [0.1, 0.15) is 0 Å². The van der Waals surface area contributed by atoms with Crippen molar-refractivity contribution in [2.75, 3.05) is 0 Å². The molecule has 0 bridgehead atoms. The minimum atomic E-state index is -0.0350. The first-order valence-electron chi connectivity index (χ1n) is 8.11.